The molecule has 11 N–H and O–H groups in total. The number of para-hydroxylation sites is 1. The highest BCUT2D eigenvalue weighted by molar-refractivity contribution is 5.94. The summed E-state index contributed by atoms with van der Waals surface area (Å²) < 4.78 is 0. The van der Waals surface area contributed by atoms with Gasteiger partial charge in [-0.05, 0) is 49.1 Å². The van der Waals surface area contributed by atoms with Crippen LogP contribution in [0.25, 0.3) is 10.9 Å². The molecule has 0 fully saturated rings. The minimum atomic E-state index is -1.15. The van der Waals surface area contributed by atoms with Crippen LogP contribution >= 0.6 is 0 Å². The number of amides is 3. The number of hydrogen-bond acceptors (Lipinski definition) is 6. The Morgan fingerprint density at radius 2 is 1.64 bits per heavy atom. The number of rotatable bonds is 17. The summed E-state index contributed by atoms with van der Waals surface area (Å²) in [5.41, 5.74) is 18.9. The van der Waals surface area contributed by atoms with Crippen LogP contribution in [0.15, 0.2) is 35.5 Å². The van der Waals surface area contributed by atoms with Crippen molar-refractivity contribution >= 4 is 40.6 Å². The summed E-state index contributed by atoms with van der Waals surface area (Å²) in [7, 11) is 0. The Morgan fingerprint density at radius 1 is 0.976 bits per heavy atom. The Balaban J connectivity index is 2.19. The first-order valence-electron chi connectivity index (χ1n) is 14.3. The van der Waals surface area contributed by atoms with E-state index in [1.54, 1.807) is 13.1 Å². The van der Waals surface area contributed by atoms with Gasteiger partial charge in [0, 0.05) is 23.6 Å². The molecule has 0 saturated heterocycles. The summed E-state index contributed by atoms with van der Waals surface area (Å²) >= 11 is 0. The number of aliphatic carboxylic acids is 1. The fourth-order valence-electron chi connectivity index (χ4n) is 4.59. The number of aromatic nitrogens is 1. The van der Waals surface area contributed by atoms with E-state index in [2.05, 4.69) is 25.9 Å². The third-order valence-corrected chi connectivity index (χ3v) is 7.14. The molecule has 0 bridgehead atoms. The van der Waals surface area contributed by atoms with Gasteiger partial charge in [0.2, 0.25) is 17.7 Å². The number of nitrogens with one attached hydrogen (secondary N) is 4. The van der Waals surface area contributed by atoms with Crippen LogP contribution in [0.2, 0.25) is 0 Å². The van der Waals surface area contributed by atoms with Crippen LogP contribution < -0.4 is 33.2 Å². The Morgan fingerprint density at radius 3 is 2.26 bits per heavy atom. The SMILES string of the molecule is CCC(C)C(NC(=O)C(CCCN=C(N)N)NC(=O)C(N)Cc1c[nH]c2ccccc12)C(=O)NC(CC(C)C)C(=O)O. The van der Waals surface area contributed by atoms with E-state index in [1.807, 2.05) is 45.0 Å². The van der Waals surface area contributed by atoms with Crippen molar-refractivity contribution < 1.29 is 24.3 Å². The van der Waals surface area contributed by atoms with E-state index in [4.69, 9.17) is 17.2 Å². The summed E-state index contributed by atoms with van der Waals surface area (Å²) in [4.78, 5) is 58.7. The van der Waals surface area contributed by atoms with Gasteiger partial charge in [0.25, 0.3) is 0 Å². The number of carbonyl (C=O) groups excluding carboxylic acids is 3. The third-order valence-electron chi connectivity index (χ3n) is 7.14. The van der Waals surface area contributed by atoms with Gasteiger partial charge in [-0.1, -0.05) is 52.3 Å². The van der Waals surface area contributed by atoms with Crippen LogP contribution in [0.3, 0.4) is 0 Å². The normalized spacial score (nSPS) is 14.8. The molecule has 5 unspecified atom stereocenters. The number of aromatic amines is 1. The van der Waals surface area contributed by atoms with Crippen molar-refractivity contribution in [2.45, 2.75) is 84.0 Å². The maximum absolute atomic E-state index is 13.5. The van der Waals surface area contributed by atoms with E-state index in [-0.39, 0.29) is 43.6 Å². The monoisotopic (exact) mass is 586 g/mol. The molecule has 5 atom stereocenters. The van der Waals surface area contributed by atoms with Gasteiger partial charge in [-0.25, -0.2) is 4.79 Å². The number of guanidine groups is 1. The third kappa shape index (κ3) is 10.4. The second kappa shape index (κ2) is 16.3. The molecule has 0 aliphatic carbocycles. The van der Waals surface area contributed by atoms with Gasteiger partial charge < -0.3 is 43.2 Å². The number of H-pyrrole nitrogens is 1. The lowest BCUT2D eigenvalue weighted by molar-refractivity contribution is -0.143. The number of nitrogens with zero attached hydrogens (tertiary/aromatic N) is 1. The van der Waals surface area contributed by atoms with E-state index >= 15 is 0 Å². The predicted molar refractivity (Wildman–Crippen MR) is 162 cm³/mol. The predicted octanol–water partition coefficient (Wildman–Crippen LogP) is 0.723. The van der Waals surface area contributed by atoms with Crippen LogP contribution in [0.1, 0.15) is 58.9 Å². The topological polar surface area (TPSA) is 231 Å². The summed E-state index contributed by atoms with van der Waals surface area (Å²) in [5.74, 6) is -3.26. The number of hydrogen-bond donors (Lipinski definition) is 8. The van der Waals surface area contributed by atoms with E-state index in [0.717, 1.165) is 16.5 Å². The fraction of sp³-hybridized carbons (Fsp3) is 0.552. The molecule has 1 aromatic heterocycles. The number of benzene rings is 1. The second-order valence-corrected chi connectivity index (χ2v) is 11.1. The molecule has 2 rings (SSSR count). The highest BCUT2D eigenvalue weighted by Crippen LogP contribution is 2.19. The minimum absolute atomic E-state index is 0.0290. The van der Waals surface area contributed by atoms with Crippen LogP contribution in [0, 0.1) is 11.8 Å². The molecule has 3 amide bonds. The lowest BCUT2D eigenvalue weighted by Gasteiger charge is -2.28. The largest absolute Gasteiger partial charge is 0.480 e. The van der Waals surface area contributed by atoms with Crippen LogP contribution in [0.5, 0.6) is 0 Å². The Kier molecular flexibility index (Phi) is 13.3. The molecular formula is C29H46N8O5. The van der Waals surface area contributed by atoms with Crippen LogP contribution in [-0.4, -0.2) is 70.5 Å². The first kappa shape index (κ1) is 34.1. The fourth-order valence-corrected chi connectivity index (χ4v) is 4.59. The number of carboxylic acids is 1. The second-order valence-electron chi connectivity index (χ2n) is 11.1. The highest BCUT2D eigenvalue weighted by atomic mass is 16.4. The first-order valence-corrected chi connectivity index (χ1v) is 14.3. The highest BCUT2D eigenvalue weighted by Gasteiger charge is 2.33. The molecular weight excluding hydrogens is 540 g/mol. The zero-order valence-corrected chi connectivity index (χ0v) is 24.9. The van der Waals surface area contributed by atoms with E-state index in [0.29, 0.717) is 12.8 Å². The van der Waals surface area contributed by atoms with Crippen molar-refractivity contribution in [3.8, 4) is 0 Å². The van der Waals surface area contributed by atoms with E-state index < -0.39 is 47.9 Å². The van der Waals surface area contributed by atoms with Crippen molar-refractivity contribution in [3.63, 3.8) is 0 Å². The lowest BCUT2D eigenvalue weighted by Crippen LogP contribution is -2.58. The quantitative estimate of drug-likeness (QED) is 0.0746. The van der Waals surface area contributed by atoms with Crippen molar-refractivity contribution in [1.29, 1.82) is 0 Å². The van der Waals surface area contributed by atoms with Gasteiger partial charge in [0.05, 0.1) is 6.04 Å². The van der Waals surface area contributed by atoms with Gasteiger partial charge in [-0.3, -0.25) is 19.4 Å². The van der Waals surface area contributed by atoms with E-state index in [9.17, 15) is 24.3 Å². The summed E-state index contributed by atoms with van der Waals surface area (Å²) in [5, 5.41) is 18.6. The average Bonchev–Trinajstić information content (AvgIpc) is 3.34. The molecule has 0 saturated carbocycles. The number of fused-ring (bicyclic) bond motifs is 1. The zero-order valence-electron chi connectivity index (χ0n) is 24.9. The summed E-state index contributed by atoms with van der Waals surface area (Å²) in [6, 6.07) is 3.55. The molecule has 2 aromatic rings. The van der Waals surface area contributed by atoms with Gasteiger partial charge in [0.1, 0.15) is 18.1 Å². The molecule has 0 radical (unpaired) electrons. The molecule has 0 aliphatic rings. The van der Waals surface area contributed by atoms with Gasteiger partial charge in [0.15, 0.2) is 5.96 Å². The Labute approximate surface area is 246 Å². The molecule has 0 aliphatic heterocycles. The number of carbonyl (C=O) groups is 4. The van der Waals surface area contributed by atoms with Gasteiger partial charge in [-0.2, -0.15) is 0 Å². The van der Waals surface area contributed by atoms with E-state index in [1.165, 1.54) is 0 Å². The van der Waals surface area contributed by atoms with Crippen LogP contribution in [0.4, 0.5) is 0 Å². The molecule has 13 nitrogen and oxygen atoms in total. The first-order chi connectivity index (χ1) is 19.8. The Hall–Kier alpha value is -4.13. The maximum Gasteiger partial charge on any atom is 0.326 e. The molecule has 13 heteroatoms. The molecule has 1 heterocycles. The van der Waals surface area contributed by atoms with Gasteiger partial charge in [-0.15, -0.1) is 0 Å². The number of aliphatic imine (C=N–C) groups is 1. The minimum Gasteiger partial charge on any atom is -0.480 e. The molecule has 1 aromatic carbocycles. The van der Waals surface area contributed by atoms with Gasteiger partial charge >= 0.3 is 5.97 Å². The van der Waals surface area contributed by atoms with Crippen molar-refractivity contribution in [2.75, 3.05) is 6.54 Å². The molecule has 42 heavy (non-hydrogen) atoms. The number of carboxylic acid groups (broad SMARTS) is 1. The lowest BCUT2D eigenvalue weighted by atomic mass is 9.96. The summed E-state index contributed by atoms with van der Waals surface area (Å²) in [6.45, 7) is 7.59. The Bertz CT molecular complexity index is 1240. The van der Waals surface area contributed by atoms with Crippen molar-refractivity contribution in [3.05, 3.63) is 36.0 Å². The zero-order chi connectivity index (χ0) is 31.4. The standard InChI is InChI=1S/C29H46N8O5/c1-5-17(4)24(27(40)36-23(28(41)42)13-16(2)3)37-26(39)22(11-8-12-33-29(31)32)35-25(38)20(30)14-18-15-34-21-10-7-6-9-19(18)21/h6-7,9-10,15-17,20,22-24,34H,5,8,11-14,30H2,1-4H3,(H,35,38)(H,36,40)(H,37,39)(H,41,42)(H4,31,32,33). The number of nitrogens with two attached hydrogens (primary N) is 3. The van der Waals surface area contributed by atoms with Crippen molar-refractivity contribution in [2.24, 2.45) is 34.0 Å². The smallest absolute Gasteiger partial charge is 0.326 e. The van der Waals surface area contributed by atoms with Crippen LogP contribution in [-0.2, 0) is 25.6 Å². The maximum atomic E-state index is 13.5. The van der Waals surface area contributed by atoms with Crippen molar-refractivity contribution in [1.82, 2.24) is 20.9 Å². The molecule has 232 valence electrons. The summed E-state index contributed by atoms with van der Waals surface area (Å²) in [6.07, 6.45) is 3.35. The molecule has 0 spiro atoms. The average molecular weight is 587 g/mol.